The molecule has 0 aliphatic carbocycles. The van der Waals surface area contributed by atoms with Crippen LogP contribution >= 0.6 is 0 Å². The molecule has 1 aromatic heterocycles. The van der Waals surface area contributed by atoms with Crippen LogP contribution in [0.2, 0.25) is 0 Å². The van der Waals surface area contributed by atoms with E-state index in [0.717, 1.165) is 44.8 Å². The summed E-state index contributed by atoms with van der Waals surface area (Å²) in [6.07, 6.45) is 3.19. The Labute approximate surface area is 178 Å². The Morgan fingerprint density at radius 3 is 2.43 bits per heavy atom. The van der Waals surface area contributed by atoms with Crippen molar-refractivity contribution in [1.82, 2.24) is 9.47 Å². The average Bonchev–Trinajstić information content (AvgIpc) is 3.24. The molecule has 0 radical (unpaired) electrons. The van der Waals surface area contributed by atoms with Crippen molar-refractivity contribution in [3.8, 4) is 5.69 Å². The monoisotopic (exact) mass is 400 g/mol. The smallest absolute Gasteiger partial charge is 0.241 e. The molecule has 1 saturated heterocycles. The highest BCUT2D eigenvalue weighted by molar-refractivity contribution is 5.95. The second-order valence-electron chi connectivity index (χ2n) is 8.29. The minimum Gasteiger partial charge on any atom is -0.364 e. The largest absolute Gasteiger partial charge is 0.364 e. The number of amides is 1. The van der Waals surface area contributed by atoms with E-state index in [4.69, 9.17) is 0 Å². The van der Waals surface area contributed by atoms with E-state index < -0.39 is 0 Å². The van der Waals surface area contributed by atoms with E-state index in [1.807, 2.05) is 17.0 Å². The van der Waals surface area contributed by atoms with Crippen LogP contribution in [0.25, 0.3) is 5.69 Å². The first kappa shape index (κ1) is 18.9. The van der Waals surface area contributed by atoms with E-state index >= 15 is 0 Å². The molecule has 0 bridgehead atoms. The fourth-order valence-corrected chi connectivity index (χ4v) is 4.59. The van der Waals surface area contributed by atoms with Gasteiger partial charge >= 0.3 is 0 Å². The van der Waals surface area contributed by atoms with Crippen LogP contribution in [-0.4, -0.2) is 48.1 Å². The summed E-state index contributed by atoms with van der Waals surface area (Å²) in [7, 11) is 0. The van der Waals surface area contributed by atoms with Crippen LogP contribution < -0.4 is 9.80 Å². The van der Waals surface area contributed by atoms with Gasteiger partial charge in [0.15, 0.2) is 0 Å². The first-order chi connectivity index (χ1) is 14.7. The maximum Gasteiger partial charge on any atom is 0.241 e. The molecule has 0 N–H and O–H groups in total. The zero-order valence-corrected chi connectivity index (χ0v) is 17.5. The first-order valence-electron chi connectivity index (χ1n) is 10.8. The zero-order valence-electron chi connectivity index (χ0n) is 17.5. The van der Waals surface area contributed by atoms with E-state index in [2.05, 4.69) is 76.0 Å². The summed E-state index contributed by atoms with van der Waals surface area (Å²) < 4.78 is 2.29. The predicted octanol–water partition coefficient (Wildman–Crippen LogP) is 3.84. The third-order valence-electron chi connectivity index (χ3n) is 6.22. The number of para-hydroxylation sites is 2. The van der Waals surface area contributed by atoms with E-state index in [1.165, 1.54) is 22.6 Å². The molecular formula is C25H28N4O. The number of aryl methyl sites for hydroxylation is 1. The molecule has 154 valence electrons. The van der Waals surface area contributed by atoms with E-state index in [0.29, 0.717) is 6.54 Å². The molecule has 30 heavy (non-hydrogen) atoms. The molecule has 5 rings (SSSR count). The van der Waals surface area contributed by atoms with Gasteiger partial charge < -0.3 is 14.4 Å². The van der Waals surface area contributed by atoms with Crippen LogP contribution in [0.4, 0.5) is 11.4 Å². The molecule has 5 heteroatoms. The van der Waals surface area contributed by atoms with Crippen molar-refractivity contribution in [2.75, 3.05) is 42.5 Å². The second kappa shape index (κ2) is 8.00. The number of rotatable bonds is 5. The van der Waals surface area contributed by atoms with Gasteiger partial charge in [0.2, 0.25) is 5.91 Å². The molecule has 1 amide bonds. The number of hydrogen-bond donors (Lipinski definition) is 0. The summed E-state index contributed by atoms with van der Waals surface area (Å²) in [5, 5.41) is 0. The van der Waals surface area contributed by atoms with Crippen LogP contribution in [0.1, 0.15) is 17.7 Å². The topological polar surface area (TPSA) is 31.7 Å². The highest BCUT2D eigenvalue weighted by Crippen LogP contribution is 2.32. The summed E-state index contributed by atoms with van der Waals surface area (Å²) in [6.45, 7) is 7.15. The molecule has 0 unspecified atom stereocenters. The average molecular weight is 401 g/mol. The Hall–Kier alpha value is -3.05. The standard InChI is InChI=1S/C25H28N4O/c1-20-9-11-21(12-10-20)29-17-16-26(19-25(29)30)13-5-14-27-18-22-6-4-15-28(22)24-8-3-2-7-23(24)27/h2-4,6-12,15H,5,13-14,16-19H2,1H3. The SMILES string of the molecule is Cc1ccc(N2CCN(CCCN3Cc4cccn4-c4ccccc43)CC2=O)cc1. The molecule has 2 aliphatic rings. The van der Waals surface area contributed by atoms with Gasteiger partial charge in [-0.2, -0.15) is 0 Å². The number of carbonyl (C=O) groups excluding carboxylic acids is 1. The molecule has 2 aliphatic heterocycles. The molecule has 3 aromatic rings. The molecule has 0 spiro atoms. The lowest BCUT2D eigenvalue weighted by Gasteiger charge is -2.36. The number of carbonyl (C=O) groups is 1. The summed E-state index contributed by atoms with van der Waals surface area (Å²) >= 11 is 0. The van der Waals surface area contributed by atoms with E-state index in [9.17, 15) is 4.79 Å². The van der Waals surface area contributed by atoms with Gasteiger partial charge in [-0.15, -0.1) is 0 Å². The highest BCUT2D eigenvalue weighted by atomic mass is 16.2. The van der Waals surface area contributed by atoms with Crippen molar-refractivity contribution in [2.24, 2.45) is 0 Å². The fourth-order valence-electron chi connectivity index (χ4n) is 4.59. The Bertz CT molecular complexity index is 1040. The lowest BCUT2D eigenvalue weighted by molar-refractivity contribution is -0.121. The number of aromatic nitrogens is 1. The molecule has 1 fully saturated rings. The number of anilines is 2. The van der Waals surface area contributed by atoms with Crippen molar-refractivity contribution in [1.29, 1.82) is 0 Å². The van der Waals surface area contributed by atoms with Crippen LogP contribution in [0.5, 0.6) is 0 Å². The Kier molecular flexibility index (Phi) is 5.05. The van der Waals surface area contributed by atoms with Crippen molar-refractivity contribution < 1.29 is 4.79 Å². The predicted molar refractivity (Wildman–Crippen MR) is 121 cm³/mol. The number of benzene rings is 2. The van der Waals surface area contributed by atoms with Crippen molar-refractivity contribution >= 4 is 17.3 Å². The maximum atomic E-state index is 12.7. The van der Waals surface area contributed by atoms with Gasteiger partial charge in [0.25, 0.3) is 0 Å². The van der Waals surface area contributed by atoms with E-state index in [-0.39, 0.29) is 5.91 Å². The zero-order chi connectivity index (χ0) is 20.5. The van der Waals surface area contributed by atoms with Crippen LogP contribution in [-0.2, 0) is 11.3 Å². The van der Waals surface area contributed by atoms with Gasteiger partial charge in [-0.1, -0.05) is 29.8 Å². The van der Waals surface area contributed by atoms with Crippen molar-refractivity contribution in [3.05, 3.63) is 78.1 Å². The summed E-state index contributed by atoms with van der Waals surface area (Å²) in [4.78, 5) is 19.4. The van der Waals surface area contributed by atoms with Gasteiger partial charge in [0.05, 0.1) is 24.5 Å². The molecule has 2 aromatic carbocycles. The Morgan fingerprint density at radius 2 is 1.63 bits per heavy atom. The van der Waals surface area contributed by atoms with E-state index in [1.54, 1.807) is 0 Å². The molecule has 0 saturated carbocycles. The van der Waals surface area contributed by atoms with Gasteiger partial charge in [-0.3, -0.25) is 9.69 Å². The maximum absolute atomic E-state index is 12.7. The first-order valence-corrected chi connectivity index (χ1v) is 10.8. The normalized spacial score (nSPS) is 16.5. The number of fused-ring (bicyclic) bond motifs is 3. The summed E-state index contributed by atoms with van der Waals surface area (Å²) in [5.41, 5.74) is 6.11. The summed E-state index contributed by atoms with van der Waals surface area (Å²) in [6, 6.07) is 21.2. The summed E-state index contributed by atoms with van der Waals surface area (Å²) in [5.74, 6) is 0.200. The Morgan fingerprint density at radius 1 is 0.833 bits per heavy atom. The lowest BCUT2D eigenvalue weighted by atomic mass is 10.1. The van der Waals surface area contributed by atoms with Gasteiger partial charge in [-0.05, 0) is 49.7 Å². The lowest BCUT2D eigenvalue weighted by Crippen LogP contribution is -2.51. The third kappa shape index (κ3) is 3.61. The van der Waals surface area contributed by atoms with Crippen LogP contribution in [0.3, 0.4) is 0 Å². The minimum absolute atomic E-state index is 0.200. The number of hydrogen-bond acceptors (Lipinski definition) is 3. The van der Waals surface area contributed by atoms with Gasteiger partial charge in [0, 0.05) is 43.8 Å². The molecule has 0 atom stereocenters. The molecule has 5 nitrogen and oxygen atoms in total. The number of nitrogens with zero attached hydrogens (tertiary/aromatic N) is 4. The van der Waals surface area contributed by atoms with Crippen LogP contribution in [0.15, 0.2) is 66.9 Å². The van der Waals surface area contributed by atoms with Gasteiger partial charge in [0.1, 0.15) is 0 Å². The quantitative estimate of drug-likeness (QED) is 0.652. The third-order valence-corrected chi connectivity index (χ3v) is 6.22. The molecule has 3 heterocycles. The second-order valence-corrected chi connectivity index (χ2v) is 8.29. The van der Waals surface area contributed by atoms with Crippen molar-refractivity contribution in [3.63, 3.8) is 0 Å². The molecular weight excluding hydrogens is 372 g/mol. The highest BCUT2D eigenvalue weighted by Gasteiger charge is 2.25. The fraction of sp³-hybridized carbons (Fsp3) is 0.320. The minimum atomic E-state index is 0.200. The van der Waals surface area contributed by atoms with Crippen molar-refractivity contribution in [2.45, 2.75) is 19.9 Å². The Balaban J connectivity index is 1.17. The van der Waals surface area contributed by atoms with Crippen LogP contribution in [0, 0.1) is 6.92 Å². The van der Waals surface area contributed by atoms with Gasteiger partial charge in [-0.25, -0.2) is 0 Å². The number of piperazine rings is 1.